The SMILES string of the molecule is CCCCCCCCCCCN1C=CN(c2ccc(Br)cc2)C1.I. The van der Waals surface area contributed by atoms with Gasteiger partial charge in [-0.2, -0.15) is 0 Å². The monoisotopic (exact) mass is 506 g/mol. The Morgan fingerprint density at radius 3 is 2.04 bits per heavy atom. The lowest BCUT2D eigenvalue weighted by Crippen LogP contribution is -2.25. The number of benzene rings is 1. The molecule has 1 heterocycles. The molecule has 1 aliphatic heterocycles. The van der Waals surface area contributed by atoms with Crippen LogP contribution in [-0.2, 0) is 0 Å². The van der Waals surface area contributed by atoms with Gasteiger partial charge in [0.15, 0.2) is 0 Å². The fourth-order valence-electron chi connectivity index (χ4n) is 3.04. The fourth-order valence-corrected chi connectivity index (χ4v) is 3.30. The van der Waals surface area contributed by atoms with Crippen LogP contribution in [0, 0.1) is 0 Å². The number of halogens is 2. The van der Waals surface area contributed by atoms with Gasteiger partial charge in [0.25, 0.3) is 0 Å². The van der Waals surface area contributed by atoms with E-state index in [1.54, 1.807) is 0 Å². The van der Waals surface area contributed by atoms with Crippen LogP contribution < -0.4 is 4.90 Å². The molecule has 0 fully saturated rings. The molecule has 0 bridgehead atoms. The zero-order chi connectivity index (χ0) is 16.3. The Labute approximate surface area is 173 Å². The second kappa shape index (κ2) is 13.0. The average molecular weight is 507 g/mol. The summed E-state index contributed by atoms with van der Waals surface area (Å²) in [5.41, 5.74) is 1.26. The molecule has 0 aromatic heterocycles. The Hall–Kier alpha value is -0.230. The van der Waals surface area contributed by atoms with Gasteiger partial charge in [-0.25, -0.2) is 0 Å². The van der Waals surface area contributed by atoms with Crippen molar-refractivity contribution < 1.29 is 0 Å². The minimum absolute atomic E-state index is 0. The largest absolute Gasteiger partial charge is 0.358 e. The Kier molecular flexibility index (Phi) is 11.8. The highest BCUT2D eigenvalue weighted by molar-refractivity contribution is 14.0. The molecule has 136 valence electrons. The predicted octanol–water partition coefficient (Wildman–Crippen LogP) is 7.15. The summed E-state index contributed by atoms with van der Waals surface area (Å²) in [4.78, 5) is 4.73. The third-order valence-electron chi connectivity index (χ3n) is 4.50. The summed E-state index contributed by atoms with van der Waals surface area (Å²) in [6, 6.07) is 8.53. The lowest BCUT2D eigenvalue weighted by Gasteiger charge is -2.21. The first kappa shape index (κ1) is 21.8. The van der Waals surface area contributed by atoms with Gasteiger partial charge >= 0.3 is 0 Å². The molecule has 0 saturated carbocycles. The Bertz CT molecular complexity index is 461. The van der Waals surface area contributed by atoms with Gasteiger partial charge in [-0.05, 0) is 30.7 Å². The van der Waals surface area contributed by atoms with Crippen molar-refractivity contribution in [1.29, 1.82) is 0 Å². The number of hydrogen-bond acceptors (Lipinski definition) is 2. The van der Waals surface area contributed by atoms with Crippen molar-refractivity contribution >= 4 is 45.6 Å². The molecule has 0 amide bonds. The quantitative estimate of drug-likeness (QED) is 0.232. The Morgan fingerprint density at radius 2 is 1.42 bits per heavy atom. The smallest absolute Gasteiger partial charge is 0.0941 e. The van der Waals surface area contributed by atoms with Gasteiger partial charge in [-0.3, -0.25) is 0 Å². The maximum absolute atomic E-state index is 3.49. The first-order valence-electron chi connectivity index (χ1n) is 9.24. The number of hydrogen-bond donors (Lipinski definition) is 0. The van der Waals surface area contributed by atoms with Gasteiger partial charge < -0.3 is 9.80 Å². The van der Waals surface area contributed by atoms with Crippen molar-refractivity contribution in [3.05, 3.63) is 41.1 Å². The normalized spacial score (nSPS) is 13.4. The van der Waals surface area contributed by atoms with Crippen molar-refractivity contribution in [1.82, 2.24) is 4.90 Å². The first-order valence-corrected chi connectivity index (χ1v) is 10.0. The molecule has 0 atom stereocenters. The minimum atomic E-state index is 0. The maximum Gasteiger partial charge on any atom is 0.0941 e. The van der Waals surface area contributed by atoms with Crippen LogP contribution in [0.2, 0.25) is 0 Å². The van der Waals surface area contributed by atoms with Crippen LogP contribution in [0.5, 0.6) is 0 Å². The van der Waals surface area contributed by atoms with E-state index in [9.17, 15) is 0 Å². The molecule has 1 aliphatic rings. The van der Waals surface area contributed by atoms with Crippen LogP contribution >= 0.6 is 39.9 Å². The van der Waals surface area contributed by atoms with Gasteiger partial charge in [-0.15, -0.1) is 24.0 Å². The van der Waals surface area contributed by atoms with E-state index in [2.05, 4.69) is 69.3 Å². The van der Waals surface area contributed by atoms with Crippen LogP contribution in [0.4, 0.5) is 5.69 Å². The van der Waals surface area contributed by atoms with Crippen molar-refractivity contribution in [3.63, 3.8) is 0 Å². The summed E-state index contributed by atoms with van der Waals surface area (Å²) in [5.74, 6) is 0. The molecule has 0 radical (unpaired) electrons. The highest BCUT2D eigenvalue weighted by Gasteiger charge is 2.13. The van der Waals surface area contributed by atoms with Crippen LogP contribution in [0.3, 0.4) is 0 Å². The summed E-state index contributed by atoms with van der Waals surface area (Å²) >= 11 is 3.49. The first-order chi connectivity index (χ1) is 11.3. The molecule has 0 N–H and O–H groups in total. The van der Waals surface area contributed by atoms with Crippen LogP contribution in [0.15, 0.2) is 41.1 Å². The summed E-state index contributed by atoms with van der Waals surface area (Å²) < 4.78 is 1.14. The molecule has 4 heteroatoms. The Balaban J connectivity index is 0.00000288. The maximum atomic E-state index is 3.49. The molecule has 2 rings (SSSR count). The van der Waals surface area contributed by atoms with Crippen LogP contribution in [0.1, 0.15) is 64.7 Å². The van der Waals surface area contributed by atoms with Crippen LogP contribution in [-0.4, -0.2) is 18.1 Å². The summed E-state index contributed by atoms with van der Waals surface area (Å²) in [5, 5.41) is 0. The second-order valence-electron chi connectivity index (χ2n) is 6.53. The zero-order valence-electron chi connectivity index (χ0n) is 14.9. The molecule has 2 nitrogen and oxygen atoms in total. The highest BCUT2D eigenvalue weighted by atomic mass is 127. The molecular weight excluding hydrogens is 475 g/mol. The van der Waals surface area contributed by atoms with E-state index in [0.29, 0.717) is 0 Å². The van der Waals surface area contributed by atoms with Gasteiger partial charge in [0.2, 0.25) is 0 Å². The van der Waals surface area contributed by atoms with E-state index < -0.39 is 0 Å². The zero-order valence-corrected chi connectivity index (χ0v) is 18.8. The van der Waals surface area contributed by atoms with E-state index in [-0.39, 0.29) is 24.0 Å². The van der Waals surface area contributed by atoms with E-state index in [4.69, 9.17) is 0 Å². The van der Waals surface area contributed by atoms with Crippen molar-refractivity contribution in [3.8, 4) is 0 Å². The van der Waals surface area contributed by atoms with E-state index >= 15 is 0 Å². The summed E-state index contributed by atoms with van der Waals surface area (Å²) in [6.45, 7) is 4.45. The third-order valence-corrected chi connectivity index (χ3v) is 5.03. The van der Waals surface area contributed by atoms with Gasteiger partial charge in [0.05, 0.1) is 6.67 Å². The average Bonchev–Trinajstić information content (AvgIpc) is 3.03. The third kappa shape index (κ3) is 8.24. The topological polar surface area (TPSA) is 6.48 Å². The standard InChI is InChI=1S/C20H31BrN2.HI/c1-2-3-4-5-6-7-8-9-10-15-22-16-17-23(18-22)20-13-11-19(21)12-14-20;/h11-14,16-17H,2-10,15,18H2,1H3;1H. The molecule has 0 spiro atoms. The molecule has 24 heavy (non-hydrogen) atoms. The molecule has 0 aliphatic carbocycles. The van der Waals surface area contributed by atoms with Gasteiger partial charge in [0, 0.05) is 29.1 Å². The van der Waals surface area contributed by atoms with Gasteiger partial charge in [-0.1, -0.05) is 74.2 Å². The van der Waals surface area contributed by atoms with E-state index in [1.807, 2.05) is 0 Å². The van der Waals surface area contributed by atoms with E-state index in [0.717, 1.165) is 11.1 Å². The molecule has 0 unspecified atom stereocenters. The Morgan fingerprint density at radius 1 is 0.833 bits per heavy atom. The highest BCUT2D eigenvalue weighted by Crippen LogP contribution is 2.22. The predicted molar refractivity (Wildman–Crippen MR) is 120 cm³/mol. The lowest BCUT2D eigenvalue weighted by molar-refractivity contribution is 0.388. The number of rotatable bonds is 11. The van der Waals surface area contributed by atoms with E-state index in [1.165, 1.54) is 70.0 Å². The fraction of sp³-hybridized carbons (Fsp3) is 0.600. The molecular formula is C20H32BrIN2. The number of nitrogens with zero attached hydrogens (tertiary/aromatic N) is 2. The summed E-state index contributed by atoms with van der Waals surface area (Å²) in [7, 11) is 0. The lowest BCUT2D eigenvalue weighted by atomic mass is 10.1. The molecule has 0 saturated heterocycles. The second-order valence-corrected chi connectivity index (χ2v) is 7.44. The molecule has 1 aromatic carbocycles. The van der Waals surface area contributed by atoms with Crippen LogP contribution in [0.25, 0.3) is 0 Å². The van der Waals surface area contributed by atoms with Crippen molar-refractivity contribution in [2.45, 2.75) is 64.7 Å². The minimum Gasteiger partial charge on any atom is -0.358 e. The molecule has 1 aromatic rings. The summed E-state index contributed by atoms with van der Waals surface area (Å²) in [6.07, 6.45) is 17.0. The van der Waals surface area contributed by atoms with Crippen molar-refractivity contribution in [2.75, 3.05) is 18.1 Å². The number of anilines is 1. The number of unbranched alkanes of at least 4 members (excludes halogenated alkanes) is 8. The van der Waals surface area contributed by atoms with Crippen molar-refractivity contribution in [2.24, 2.45) is 0 Å². The van der Waals surface area contributed by atoms with Gasteiger partial charge in [0.1, 0.15) is 0 Å².